The highest BCUT2D eigenvalue weighted by Gasteiger charge is 2.25. The van der Waals surface area contributed by atoms with Crippen LogP contribution in [0.2, 0.25) is 5.15 Å². The molecule has 10 nitrogen and oxygen atoms in total. The van der Waals surface area contributed by atoms with E-state index in [-0.39, 0.29) is 41.1 Å². The fourth-order valence-electron chi connectivity index (χ4n) is 4.09. The van der Waals surface area contributed by atoms with Gasteiger partial charge in [0.15, 0.2) is 5.75 Å². The van der Waals surface area contributed by atoms with E-state index in [0.717, 1.165) is 12.8 Å². The summed E-state index contributed by atoms with van der Waals surface area (Å²) in [4.78, 5) is 20.7. The highest BCUT2D eigenvalue weighted by Crippen LogP contribution is 2.41. The van der Waals surface area contributed by atoms with Crippen LogP contribution in [0.3, 0.4) is 0 Å². The molecule has 1 saturated carbocycles. The van der Waals surface area contributed by atoms with Gasteiger partial charge in [-0.25, -0.2) is 14.4 Å². The summed E-state index contributed by atoms with van der Waals surface area (Å²) in [6, 6.07) is 9.78. The number of methoxy groups -OCH3 is 1. The number of hydrogen-bond acceptors (Lipinski definition) is 8. The Kier molecular flexibility index (Phi) is 6.56. The second-order valence-corrected chi connectivity index (χ2v) is 9.31. The lowest BCUT2D eigenvalue weighted by atomic mass is 10.0. The van der Waals surface area contributed by atoms with Crippen LogP contribution in [-0.4, -0.2) is 39.7 Å². The minimum Gasteiger partial charge on any atom is -0.494 e. The van der Waals surface area contributed by atoms with Gasteiger partial charge in [0.1, 0.15) is 22.5 Å². The van der Waals surface area contributed by atoms with Gasteiger partial charge in [-0.2, -0.15) is 5.10 Å². The molecule has 1 aromatic carbocycles. The van der Waals surface area contributed by atoms with E-state index < -0.39 is 18.7 Å². The molecule has 4 aromatic rings. The van der Waals surface area contributed by atoms with E-state index in [1.165, 1.54) is 31.5 Å². The van der Waals surface area contributed by atoms with E-state index in [1.54, 1.807) is 6.07 Å². The van der Waals surface area contributed by atoms with Crippen molar-refractivity contribution in [3.8, 4) is 17.0 Å². The molecule has 3 aromatic heterocycles. The van der Waals surface area contributed by atoms with Crippen molar-refractivity contribution in [1.82, 2.24) is 25.1 Å². The van der Waals surface area contributed by atoms with Gasteiger partial charge < -0.3 is 25.8 Å². The molecule has 1 amide bonds. The molecule has 1 fully saturated rings. The number of rotatable bonds is 10. The zero-order chi connectivity index (χ0) is 30.0. The summed E-state index contributed by atoms with van der Waals surface area (Å²) >= 11 is 6.14. The molecule has 39 heavy (non-hydrogen) atoms. The molecule has 0 saturated heterocycles. The van der Waals surface area contributed by atoms with Gasteiger partial charge in [-0.15, -0.1) is 0 Å². The molecule has 1 aliphatic rings. The number of pyridine rings is 2. The molecule has 12 heteroatoms. The number of halogens is 2. The van der Waals surface area contributed by atoms with Crippen molar-refractivity contribution in [3.05, 3.63) is 76.6 Å². The molecule has 5 rings (SSSR count). The van der Waals surface area contributed by atoms with Crippen LogP contribution < -0.4 is 21.1 Å². The molecule has 0 atom stereocenters. The van der Waals surface area contributed by atoms with Crippen LogP contribution in [0.5, 0.6) is 5.75 Å². The van der Waals surface area contributed by atoms with Crippen molar-refractivity contribution < 1.29 is 22.8 Å². The molecule has 0 aliphatic heterocycles. The number of amides is 1. The van der Waals surface area contributed by atoms with Gasteiger partial charge >= 0.3 is 0 Å². The maximum Gasteiger partial charge on any atom is 0.254 e. The van der Waals surface area contributed by atoms with Gasteiger partial charge in [-0.3, -0.25) is 9.48 Å². The third-order valence-corrected chi connectivity index (χ3v) is 6.31. The number of anilines is 3. The number of hydrogen-bond donors (Lipinski definition) is 3. The van der Waals surface area contributed by atoms with E-state index >= 15 is 0 Å². The molecular formula is C27H27ClFN7O3. The number of carbonyl (C=O) groups is 1. The molecule has 4 N–H and O–H groups in total. The first-order valence-corrected chi connectivity index (χ1v) is 12.4. The quantitative estimate of drug-likeness (QED) is 0.237. The Morgan fingerprint density at radius 2 is 2.10 bits per heavy atom. The minimum absolute atomic E-state index is 0.0500. The molecule has 202 valence electrons. The fourth-order valence-corrected chi connectivity index (χ4v) is 4.25. The largest absolute Gasteiger partial charge is 0.494 e. The van der Waals surface area contributed by atoms with Crippen LogP contribution in [-0.2, 0) is 18.0 Å². The summed E-state index contributed by atoms with van der Waals surface area (Å²) in [7, 11) is 1.49. The van der Waals surface area contributed by atoms with Crippen molar-refractivity contribution >= 4 is 34.7 Å². The van der Waals surface area contributed by atoms with Crippen LogP contribution in [0.25, 0.3) is 11.3 Å². The second-order valence-electron chi connectivity index (χ2n) is 8.93. The number of aromatic nitrogens is 4. The first-order valence-electron chi connectivity index (χ1n) is 13.5. The summed E-state index contributed by atoms with van der Waals surface area (Å²) < 4.78 is 49.9. The first-order chi connectivity index (χ1) is 20.0. The normalized spacial score (nSPS) is 14.3. The van der Waals surface area contributed by atoms with Crippen LogP contribution in [0, 0.1) is 5.82 Å². The monoisotopic (exact) mass is 554 g/mol. The van der Waals surface area contributed by atoms with Crippen molar-refractivity contribution in [3.63, 3.8) is 0 Å². The minimum atomic E-state index is -2.71. The first kappa shape index (κ1) is 22.7. The van der Waals surface area contributed by atoms with Gasteiger partial charge in [0, 0.05) is 29.0 Å². The summed E-state index contributed by atoms with van der Waals surface area (Å²) in [6.07, 6.45) is 5.18. The highest BCUT2D eigenvalue weighted by molar-refractivity contribution is 6.29. The zero-order valence-electron chi connectivity index (χ0n) is 23.9. The van der Waals surface area contributed by atoms with E-state index in [4.69, 9.17) is 36.0 Å². The molecule has 0 spiro atoms. The van der Waals surface area contributed by atoms with Gasteiger partial charge in [0.25, 0.3) is 5.91 Å². The van der Waals surface area contributed by atoms with Crippen molar-refractivity contribution in [2.75, 3.05) is 25.1 Å². The standard InChI is InChI=1S/C27H27ClFN7O3/c1-31-27(37)18-12-32-24(28)11-21(18)33-22-10-15(13-39-14-23-19(29)5-6-25(30)34-23)9-17(26(22)38-2)20-7-8-36(35-20)16-3-4-16/h5-12,16H,3-4,13-14H2,1-2H3,(H2,30,34)(H,31,37)(H,32,33)/i1D3. The fraction of sp³-hybridized carbons (Fsp3) is 0.259. The van der Waals surface area contributed by atoms with Gasteiger partial charge in [0.05, 0.1) is 49.0 Å². The number of nitrogens with one attached hydrogen (secondary N) is 2. The van der Waals surface area contributed by atoms with E-state index in [0.29, 0.717) is 34.3 Å². The Labute approximate surface area is 233 Å². The van der Waals surface area contributed by atoms with Crippen LogP contribution in [0.1, 0.15) is 44.6 Å². The van der Waals surface area contributed by atoms with E-state index in [9.17, 15) is 9.18 Å². The summed E-state index contributed by atoms with van der Waals surface area (Å²) in [6.45, 7) is -2.79. The Balaban J connectivity index is 1.51. The predicted octanol–water partition coefficient (Wildman–Crippen LogP) is 4.88. The maximum atomic E-state index is 14.2. The van der Waals surface area contributed by atoms with Gasteiger partial charge in [0.2, 0.25) is 0 Å². The average molecular weight is 555 g/mol. The van der Waals surface area contributed by atoms with Crippen molar-refractivity contribution in [2.45, 2.75) is 32.1 Å². The lowest BCUT2D eigenvalue weighted by Gasteiger charge is -2.18. The summed E-state index contributed by atoms with van der Waals surface area (Å²) in [5.41, 5.74) is 8.23. The third kappa shape index (κ3) is 5.94. The molecule has 0 bridgehead atoms. The lowest BCUT2D eigenvalue weighted by molar-refractivity contribution is 0.0963. The van der Waals surface area contributed by atoms with Gasteiger partial charge in [-0.1, -0.05) is 11.6 Å². The van der Waals surface area contributed by atoms with Crippen LogP contribution in [0.4, 0.5) is 21.6 Å². The predicted molar refractivity (Wildman–Crippen MR) is 146 cm³/mol. The number of nitrogens with zero attached hydrogens (tertiary/aromatic N) is 4. The molecular weight excluding hydrogens is 525 g/mol. The van der Waals surface area contributed by atoms with Gasteiger partial charge in [-0.05, 0) is 54.8 Å². The number of nitrogen functional groups attached to an aromatic ring is 1. The van der Waals surface area contributed by atoms with Crippen molar-refractivity contribution in [2.24, 2.45) is 0 Å². The average Bonchev–Trinajstić information content (AvgIpc) is 3.65. The number of nitrogens with two attached hydrogens (primary N) is 1. The Hall–Kier alpha value is -4.22. The lowest BCUT2D eigenvalue weighted by Crippen LogP contribution is -2.19. The topological polar surface area (TPSA) is 129 Å². The number of ether oxygens (including phenoxy) is 2. The van der Waals surface area contributed by atoms with E-state index in [2.05, 4.69) is 15.3 Å². The smallest absolute Gasteiger partial charge is 0.254 e. The molecule has 0 radical (unpaired) electrons. The van der Waals surface area contributed by atoms with Crippen LogP contribution in [0.15, 0.2) is 48.8 Å². The molecule has 0 unspecified atom stereocenters. The SMILES string of the molecule is [2H]C([2H])([2H])NC(=O)c1cnc(Cl)cc1Nc1cc(COCc2nc(N)ccc2F)cc(-c2ccn(C3CC3)n2)c1OC. The van der Waals surface area contributed by atoms with Crippen LogP contribution >= 0.6 is 11.6 Å². The molecule has 3 heterocycles. The summed E-state index contributed by atoms with van der Waals surface area (Å²) in [5.74, 6) is -0.836. The molecule has 1 aliphatic carbocycles. The summed E-state index contributed by atoms with van der Waals surface area (Å²) in [5, 5.41) is 9.90. The maximum absolute atomic E-state index is 14.2. The van der Waals surface area contributed by atoms with E-state index in [1.807, 2.05) is 28.3 Å². The highest BCUT2D eigenvalue weighted by atomic mass is 35.5. The number of carbonyl (C=O) groups excluding carboxylic acids is 1. The Bertz CT molecular complexity index is 1630. The Morgan fingerprint density at radius 3 is 2.87 bits per heavy atom. The third-order valence-electron chi connectivity index (χ3n) is 6.10. The zero-order valence-corrected chi connectivity index (χ0v) is 21.6. The second kappa shape index (κ2) is 11.3. The van der Waals surface area contributed by atoms with Crippen molar-refractivity contribution in [1.29, 1.82) is 0 Å². The number of benzene rings is 1. The Morgan fingerprint density at radius 1 is 1.26 bits per heavy atom.